The van der Waals surface area contributed by atoms with E-state index in [1.807, 2.05) is 13.0 Å². The summed E-state index contributed by atoms with van der Waals surface area (Å²) >= 11 is 6.07. The first-order valence-corrected chi connectivity index (χ1v) is 5.56. The lowest BCUT2D eigenvalue weighted by Gasteiger charge is -2.07. The summed E-state index contributed by atoms with van der Waals surface area (Å²) < 4.78 is 5.34. The molecule has 1 heterocycles. The Morgan fingerprint density at radius 3 is 2.88 bits per heavy atom. The van der Waals surface area contributed by atoms with E-state index < -0.39 is 0 Å². The normalized spacial score (nSPS) is 10.2. The Balaban J connectivity index is 2.41. The minimum absolute atomic E-state index is 0.382. The smallest absolute Gasteiger partial charge is 0.345 e. The molecule has 0 aliphatic rings. The molecule has 0 saturated heterocycles. The second-order valence-corrected chi connectivity index (χ2v) is 3.77. The number of aromatic nitrogens is 2. The summed E-state index contributed by atoms with van der Waals surface area (Å²) in [5.74, 6) is 0.634. The molecule has 17 heavy (non-hydrogen) atoms. The van der Waals surface area contributed by atoms with Crippen LogP contribution in [0.25, 0.3) is 11.3 Å². The maximum atomic E-state index is 11.1. The van der Waals surface area contributed by atoms with Crippen LogP contribution in [0.5, 0.6) is 5.75 Å². The van der Waals surface area contributed by atoms with E-state index >= 15 is 0 Å². The molecule has 0 bridgehead atoms. The van der Waals surface area contributed by atoms with Gasteiger partial charge in [0, 0.05) is 6.20 Å². The van der Waals surface area contributed by atoms with Gasteiger partial charge in [0.05, 0.1) is 17.3 Å². The fourth-order valence-electron chi connectivity index (χ4n) is 1.48. The maximum absolute atomic E-state index is 11.1. The minimum atomic E-state index is -0.382. The molecule has 0 saturated carbocycles. The van der Waals surface area contributed by atoms with Crippen molar-refractivity contribution in [2.75, 3.05) is 6.61 Å². The lowest BCUT2D eigenvalue weighted by molar-refractivity contribution is 0.340. The summed E-state index contributed by atoms with van der Waals surface area (Å²) in [5, 5.41) is 0.516. The van der Waals surface area contributed by atoms with Crippen molar-refractivity contribution in [3.8, 4) is 17.0 Å². The number of hydrogen-bond donors (Lipinski definition) is 1. The molecule has 0 fully saturated rings. The predicted molar refractivity (Wildman–Crippen MR) is 66.5 cm³/mol. The Labute approximate surface area is 103 Å². The molecular formula is C12H11ClN2O2. The maximum Gasteiger partial charge on any atom is 0.345 e. The van der Waals surface area contributed by atoms with Gasteiger partial charge in [-0.3, -0.25) is 0 Å². The van der Waals surface area contributed by atoms with E-state index in [1.54, 1.807) is 18.2 Å². The van der Waals surface area contributed by atoms with Crippen LogP contribution in [0.4, 0.5) is 0 Å². The third-order valence-corrected chi connectivity index (χ3v) is 2.51. The van der Waals surface area contributed by atoms with Gasteiger partial charge in [0.15, 0.2) is 0 Å². The van der Waals surface area contributed by atoms with Crippen molar-refractivity contribution in [3.63, 3.8) is 0 Å². The van der Waals surface area contributed by atoms with E-state index in [-0.39, 0.29) is 5.69 Å². The van der Waals surface area contributed by atoms with Gasteiger partial charge in [-0.1, -0.05) is 11.6 Å². The largest absolute Gasteiger partial charge is 0.492 e. The van der Waals surface area contributed by atoms with Gasteiger partial charge < -0.3 is 9.72 Å². The minimum Gasteiger partial charge on any atom is -0.492 e. The van der Waals surface area contributed by atoms with E-state index in [2.05, 4.69) is 9.97 Å². The molecule has 1 N–H and O–H groups in total. The monoisotopic (exact) mass is 250 g/mol. The second kappa shape index (κ2) is 5.01. The molecule has 1 aromatic heterocycles. The van der Waals surface area contributed by atoms with E-state index in [1.165, 1.54) is 6.20 Å². The molecule has 0 radical (unpaired) electrons. The fraction of sp³-hybridized carbons (Fsp3) is 0.167. The van der Waals surface area contributed by atoms with Crippen molar-refractivity contribution in [2.45, 2.75) is 6.92 Å². The van der Waals surface area contributed by atoms with Gasteiger partial charge in [-0.25, -0.2) is 9.78 Å². The molecule has 0 aliphatic carbocycles. The summed E-state index contributed by atoms with van der Waals surface area (Å²) in [4.78, 5) is 17.3. The van der Waals surface area contributed by atoms with Crippen molar-refractivity contribution in [1.29, 1.82) is 0 Å². The Hall–Kier alpha value is -1.81. The predicted octanol–water partition coefficient (Wildman–Crippen LogP) is 2.49. The van der Waals surface area contributed by atoms with Crippen molar-refractivity contribution in [2.24, 2.45) is 0 Å². The highest BCUT2D eigenvalue weighted by Crippen LogP contribution is 2.29. The molecule has 4 nitrogen and oxygen atoms in total. The Morgan fingerprint density at radius 2 is 2.24 bits per heavy atom. The number of nitrogens with one attached hydrogen (secondary N) is 1. The number of aromatic amines is 1. The standard InChI is InChI=1S/C12H11ClN2O2/c1-2-17-11-4-3-8(7-9(11)13)10-5-6-14-12(16)15-10/h3-7H,2H2,1H3,(H,14,15,16). The fourth-order valence-corrected chi connectivity index (χ4v) is 1.71. The zero-order valence-corrected chi connectivity index (χ0v) is 9.99. The summed E-state index contributed by atoms with van der Waals surface area (Å²) in [7, 11) is 0. The third-order valence-electron chi connectivity index (χ3n) is 2.22. The van der Waals surface area contributed by atoms with Crippen LogP contribution in [0.3, 0.4) is 0 Å². The van der Waals surface area contributed by atoms with Gasteiger partial charge in [0.2, 0.25) is 0 Å². The average molecular weight is 251 g/mol. The number of rotatable bonds is 3. The molecule has 0 aliphatic heterocycles. The Bertz CT molecular complexity index is 581. The number of benzene rings is 1. The summed E-state index contributed by atoms with van der Waals surface area (Å²) in [6.45, 7) is 2.45. The van der Waals surface area contributed by atoms with Crippen molar-refractivity contribution >= 4 is 11.6 Å². The first-order valence-electron chi connectivity index (χ1n) is 5.18. The van der Waals surface area contributed by atoms with Crippen molar-refractivity contribution in [3.05, 3.63) is 46.0 Å². The van der Waals surface area contributed by atoms with Crippen molar-refractivity contribution in [1.82, 2.24) is 9.97 Å². The quantitative estimate of drug-likeness (QED) is 0.911. The van der Waals surface area contributed by atoms with Gasteiger partial charge >= 0.3 is 5.69 Å². The highest BCUT2D eigenvalue weighted by atomic mass is 35.5. The molecule has 0 amide bonds. The molecule has 5 heteroatoms. The molecule has 1 aromatic carbocycles. The molecule has 0 spiro atoms. The topological polar surface area (TPSA) is 55.0 Å². The van der Waals surface area contributed by atoms with Crippen molar-refractivity contribution < 1.29 is 4.74 Å². The summed E-state index contributed by atoms with van der Waals surface area (Å²) in [6, 6.07) is 7.08. The summed E-state index contributed by atoms with van der Waals surface area (Å²) in [6.07, 6.45) is 1.46. The SMILES string of the molecule is CCOc1ccc(-c2ccnc(=O)[nH]2)cc1Cl. The number of halogens is 1. The first-order chi connectivity index (χ1) is 8.20. The van der Waals surface area contributed by atoms with Gasteiger partial charge in [0.25, 0.3) is 0 Å². The summed E-state index contributed by atoms with van der Waals surface area (Å²) in [5.41, 5.74) is 1.11. The molecular weight excluding hydrogens is 240 g/mol. The highest BCUT2D eigenvalue weighted by molar-refractivity contribution is 6.32. The Kier molecular flexibility index (Phi) is 3.44. The number of nitrogens with zero attached hydrogens (tertiary/aromatic N) is 1. The van der Waals surface area contributed by atoms with Gasteiger partial charge in [0.1, 0.15) is 5.75 Å². The zero-order valence-electron chi connectivity index (χ0n) is 9.24. The van der Waals surface area contributed by atoms with Gasteiger partial charge in [-0.15, -0.1) is 0 Å². The molecule has 2 rings (SSSR count). The zero-order chi connectivity index (χ0) is 12.3. The highest BCUT2D eigenvalue weighted by Gasteiger charge is 2.04. The average Bonchev–Trinajstić information content (AvgIpc) is 2.32. The van der Waals surface area contributed by atoms with Crippen LogP contribution < -0.4 is 10.4 Å². The lowest BCUT2D eigenvalue weighted by Crippen LogP contribution is -2.09. The van der Waals surface area contributed by atoms with Crippen LogP contribution in [0, 0.1) is 0 Å². The van der Waals surface area contributed by atoms with Crippen LogP contribution in [0.15, 0.2) is 35.3 Å². The Morgan fingerprint density at radius 1 is 1.41 bits per heavy atom. The van der Waals surface area contributed by atoms with Crippen LogP contribution in [-0.4, -0.2) is 16.6 Å². The molecule has 0 unspecified atom stereocenters. The lowest BCUT2D eigenvalue weighted by atomic mass is 10.1. The molecule has 88 valence electrons. The van der Waals surface area contributed by atoms with E-state index in [9.17, 15) is 4.79 Å². The second-order valence-electron chi connectivity index (χ2n) is 3.37. The van der Waals surface area contributed by atoms with Gasteiger partial charge in [-0.2, -0.15) is 0 Å². The van der Waals surface area contributed by atoms with E-state index in [4.69, 9.17) is 16.3 Å². The number of ether oxygens (including phenoxy) is 1. The molecule has 2 aromatic rings. The van der Waals surface area contributed by atoms with Crippen LogP contribution in [0.2, 0.25) is 5.02 Å². The van der Waals surface area contributed by atoms with E-state index in [0.29, 0.717) is 23.1 Å². The van der Waals surface area contributed by atoms with Gasteiger partial charge in [-0.05, 0) is 36.8 Å². The van der Waals surface area contributed by atoms with Crippen LogP contribution >= 0.6 is 11.6 Å². The molecule has 0 atom stereocenters. The number of H-pyrrole nitrogens is 1. The van der Waals surface area contributed by atoms with Crippen LogP contribution in [0.1, 0.15) is 6.92 Å². The van der Waals surface area contributed by atoms with E-state index in [0.717, 1.165) is 5.56 Å². The number of hydrogen-bond acceptors (Lipinski definition) is 3. The third kappa shape index (κ3) is 2.65. The van der Waals surface area contributed by atoms with Crippen LogP contribution in [-0.2, 0) is 0 Å². The first kappa shape index (κ1) is 11.7.